The van der Waals surface area contributed by atoms with E-state index in [1.807, 2.05) is 13.0 Å². The molecule has 2 nitrogen and oxygen atoms in total. The van der Waals surface area contributed by atoms with Crippen molar-refractivity contribution < 1.29 is 0 Å². The van der Waals surface area contributed by atoms with E-state index in [1.54, 1.807) is 18.0 Å². The van der Waals surface area contributed by atoms with Crippen molar-refractivity contribution in [3.8, 4) is 0 Å². The van der Waals surface area contributed by atoms with Crippen molar-refractivity contribution in [3.63, 3.8) is 0 Å². The van der Waals surface area contributed by atoms with Crippen LogP contribution >= 0.6 is 11.8 Å². The molecule has 1 aromatic rings. The highest BCUT2D eigenvalue weighted by atomic mass is 32.2. The first-order valence-electron chi connectivity index (χ1n) is 5.52. The van der Waals surface area contributed by atoms with Gasteiger partial charge in [0.2, 0.25) is 0 Å². The van der Waals surface area contributed by atoms with Gasteiger partial charge in [-0.2, -0.15) is 0 Å². The Morgan fingerprint density at radius 2 is 2.06 bits per heavy atom. The van der Waals surface area contributed by atoms with Gasteiger partial charge in [-0.25, -0.2) is 0 Å². The van der Waals surface area contributed by atoms with E-state index in [1.165, 1.54) is 11.1 Å². The van der Waals surface area contributed by atoms with E-state index in [9.17, 15) is 0 Å². The topological polar surface area (TPSA) is 24.7 Å². The molecule has 0 N–H and O–H groups in total. The van der Waals surface area contributed by atoms with Crippen LogP contribution in [-0.2, 0) is 5.75 Å². The lowest BCUT2D eigenvalue weighted by Crippen LogP contribution is -1.88. The summed E-state index contributed by atoms with van der Waals surface area (Å²) in [6.07, 6.45) is 3.56. The summed E-state index contributed by atoms with van der Waals surface area (Å²) in [5.74, 6) is 0.971. The van der Waals surface area contributed by atoms with Gasteiger partial charge in [-0.1, -0.05) is 29.8 Å². The van der Waals surface area contributed by atoms with E-state index in [-0.39, 0.29) is 0 Å². The maximum Gasteiger partial charge on any atom is 0.0652 e. The summed E-state index contributed by atoms with van der Waals surface area (Å²) < 4.78 is 0. The molecule has 0 saturated carbocycles. The molecule has 0 fully saturated rings. The Labute approximate surface area is 108 Å². The van der Waals surface area contributed by atoms with Crippen molar-refractivity contribution >= 4 is 23.5 Å². The van der Waals surface area contributed by atoms with Gasteiger partial charge in [-0.3, -0.25) is 9.98 Å². The second kappa shape index (κ2) is 7.85. The number of hydrogen-bond acceptors (Lipinski definition) is 3. The normalized spacial score (nSPS) is 12.0. The molecule has 3 heteroatoms. The van der Waals surface area contributed by atoms with Crippen LogP contribution in [0.25, 0.3) is 0 Å². The van der Waals surface area contributed by atoms with Gasteiger partial charge in [0, 0.05) is 12.0 Å². The second-order valence-corrected chi connectivity index (χ2v) is 4.87. The van der Waals surface area contributed by atoms with E-state index in [0.717, 1.165) is 10.8 Å². The molecule has 1 rings (SSSR count). The van der Waals surface area contributed by atoms with Crippen LogP contribution in [0.4, 0.5) is 0 Å². The van der Waals surface area contributed by atoms with Crippen LogP contribution in [0.15, 0.2) is 46.5 Å². The average molecular weight is 246 g/mol. The van der Waals surface area contributed by atoms with E-state index < -0.39 is 0 Å². The van der Waals surface area contributed by atoms with Gasteiger partial charge in [-0.05, 0) is 32.2 Å². The van der Waals surface area contributed by atoms with Crippen LogP contribution in [0.2, 0.25) is 0 Å². The van der Waals surface area contributed by atoms with Crippen LogP contribution in [0.3, 0.4) is 0 Å². The van der Waals surface area contributed by atoms with Gasteiger partial charge >= 0.3 is 0 Å². The van der Waals surface area contributed by atoms with Crippen molar-refractivity contribution in [2.45, 2.75) is 19.6 Å². The third-order valence-electron chi connectivity index (χ3n) is 2.20. The second-order valence-electron chi connectivity index (χ2n) is 3.70. The molecule has 0 heterocycles. The number of aryl methyl sites for hydroxylation is 1. The van der Waals surface area contributed by atoms with Crippen molar-refractivity contribution in [3.05, 3.63) is 47.7 Å². The van der Waals surface area contributed by atoms with Gasteiger partial charge in [0.15, 0.2) is 0 Å². The Bertz CT molecular complexity index is 405. The summed E-state index contributed by atoms with van der Waals surface area (Å²) in [6, 6.07) is 8.61. The van der Waals surface area contributed by atoms with Crippen molar-refractivity contribution in [2.75, 3.05) is 6.54 Å². The highest BCUT2D eigenvalue weighted by Crippen LogP contribution is 2.14. The molecule has 0 unspecified atom stereocenters. The minimum Gasteiger partial charge on any atom is -0.279 e. The third-order valence-corrected chi connectivity index (χ3v) is 3.22. The van der Waals surface area contributed by atoms with Crippen molar-refractivity contribution in [1.82, 2.24) is 0 Å². The van der Waals surface area contributed by atoms with Crippen molar-refractivity contribution in [2.24, 2.45) is 9.98 Å². The van der Waals surface area contributed by atoms with Crippen LogP contribution in [0, 0.1) is 6.92 Å². The van der Waals surface area contributed by atoms with E-state index in [2.05, 4.69) is 47.9 Å². The summed E-state index contributed by atoms with van der Waals surface area (Å²) in [7, 11) is 0. The molecule has 0 aliphatic heterocycles. The molecule has 1 aromatic carbocycles. The molecule has 0 radical (unpaired) electrons. The number of thioether (sulfide) groups is 1. The molecular weight excluding hydrogens is 228 g/mol. The Balaban J connectivity index is 2.37. The molecule has 0 aromatic heterocycles. The van der Waals surface area contributed by atoms with E-state index in [4.69, 9.17) is 0 Å². The minimum atomic E-state index is 0.672. The Hall–Kier alpha value is -1.35. The first kappa shape index (κ1) is 13.7. The molecule has 0 amide bonds. The lowest BCUT2D eigenvalue weighted by molar-refractivity contribution is 1.24. The van der Waals surface area contributed by atoms with E-state index >= 15 is 0 Å². The molecule has 0 aliphatic carbocycles. The fourth-order valence-corrected chi connectivity index (χ4v) is 1.95. The average Bonchev–Trinajstić information content (AvgIpc) is 2.34. The van der Waals surface area contributed by atoms with Crippen molar-refractivity contribution in [1.29, 1.82) is 0 Å². The van der Waals surface area contributed by atoms with Crippen LogP contribution < -0.4 is 0 Å². The smallest absolute Gasteiger partial charge is 0.0652 e. The Kier molecular flexibility index (Phi) is 6.33. The molecule has 90 valence electrons. The number of hydrogen-bond donors (Lipinski definition) is 0. The van der Waals surface area contributed by atoms with Gasteiger partial charge in [-0.15, -0.1) is 11.8 Å². The number of rotatable bonds is 5. The summed E-state index contributed by atoms with van der Waals surface area (Å²) in [6.45, 7) is 8.18. The van der Waals surface area contributed by atoms with Crippen LogP contribution in [-0.4, -0.2) is 18.3 Å². The molecule has 0 spiro atoms. The Morgan fingerprint density at radius 3 is 2.71 bits per heavy atom. The number of aliphatic imine (C=N–C) groups is 2. The zero-order chi connectivity index (χ0) is 12.5. The maximum atomic E-state index is 4.40. The Morgan fingerprint density at radius 1 is 1.35 bits per heavy atom. The number of nitrogens with zero attached hydrogens (tertiary/aromatic N) is 2. The number of benzene rings is 1. The summed E-state index contributed by atoms with van der Waals surface area (Å²) >= 11 is 1.76. The first-order valence-corrected chi connectivity index (χ1v) is 6.51. The fraction of sp³-hybridized carbons (Fsp3) is 0.286. The highest BCUT2D eigenvalue weighted by molar-refractivity contribution is 8.13. The van der Waals surface area contributed by atoms with Crippen LogP contribution in [0.5, 0.6) is 0 Å². The summed E-state index contributed by atoms with van der Waals surface area (Å²) in [5, 5.41) is 1.10. The highest BCUT2D eigenvalue weighted by Gasteiger charge is 1.95. The van der Waals surface area contributed by atoms with E-state index in [0.29, 0.717) is 6.54 Å². The standard InChI is InChI=1S/C14H18N2S/c1-12-5-7-14(8-6-12)11-17-13(2)16-10-4-9-15-3/h4-9H,3,10-11H2,1-2H3. The fourth-order valence-electron chi connectivity index (χ4n) is 1.22. The maximum absolute atomic E-state index is 4.40. The lowest BCUT2D eigenvalue weighted by Gasteiger charge is -2.01. The molecule has 0 saturated heterocycles. The van der Waals surface area contributed by atoms with Gasteiger partial charge < -0.3 is 0 Å². The summed E-state index contributed by atoms with van der Waals surface area (Å²) in [5.41, 5.74) is 2.63. The molecular formula is C14H18N2S. The quantitative estimate of drug-likeness (QED) is 0.572. The minimum absolute atomic E-state index is 0.672. The molecule has 17 heavy (non-hydrogen) atoms. The predicted molar refractivity (Wildman–Crippen MR) is 79.1 cm³/mol. The predicted octanol–water partition coefficient (Wildman–Crippen LogP) is 3.86. The third kappa shape index (κ3) is 6.07. The van der Waals surface area contributed by atoms with Gasteiger partial charge in [0.05, 0.1) is 11.6 Å². The first-order chi connectivity index (χ1) is 8.22. The SMILES string of the molecule is C=NC=CCN=C(C)SCc1ccc(C)cc1. The molecule has 0 bridgehead atoms. The largest absolute Gasteiger partial charge is 0.279 e. The zero-order valence-electron chi connectivity index (χ0n) is 10.4. The zero-order valence-corrected chi connectivity index (χ0v) is 11.2. The summed E-state index contributed by atoms with van der Waals surface area (Å²) in [4.78, 5) is 8.03. The van der Waals surface area contributed by atoms with Gasteiger partial charge in [0.1, 0.15) is 0 Å². The molecule has 0 atom stereocenters. The lowest BCUT2D eigenvalue weighted by atomic mass is 10.2. The molecule has 0 aliphatic rings. The monoisotopic (exact) mass is 246 g/mol. The van der Waals surface area contributed by atoms with Gasteiger partial charge in [0.25, 0.3) is 0 Å². The van der Waals surface area contributed by atoms with Crippen LogP contribution in [0.1, 0.15) is 18.1 Å².